The van der Waals surface area contributed by atoms with Crippen molar-refractivity contribution in [3.05, 3.63) is 71.9 Å². The molecule has 3 N–H and O–H groups in total. The number of carbonyl (C=O) groups is 2. The van der Waals surface area contributed by atoms with Gasteiger partial charge in [0, 0.05) is 30.1 Å². The molecule has 0 radical (unpaired) electrons. The highest BCUT2D eigenvalue weighted by atomic mass is 19.1. The van der Waals surface area contributed by atoms with Crippen molar-refractivity contribution >= 4 is 29.0 Å². The highest BCUT2D eigenvalue weighted by molar-refractivity contribution is 6.16. The van der Waals surface area contributed by atoms with Crippen molar-refractivity contribution in [1.82, 2.24) is 4.98 Å². The molecule has 0 spiro atoms. The molecular formula is C24H20F2N4O3. The molecule has 2 amide bonds. The number of carbonyl (C=O) groups excluding carboxylic acids is 2. The van der Waals surface area contributed by atoms with Crippen molar-refractivity contribution in [3.8, 4) is 11.5 Å². The van der Waals surface area contributed by atoms with Gasteiger partial charge in [-0.2, -0.15) is 0 Å². The first kappa shape index (κ1) is 20.9. The summed E-state index contributed by atoms with van der Waals surface area (Å²) in [6.45, 7) is 0.723. The summed E-state index contributed by atoms with van der Waals surface area (Å²) in [7, 11) is 0. The maximum absolute atomic E-state index is 15.1. The van der Waals surface area contributed by atoms with Crippen LogP contribution in [-0.4, -0.2) is 23.3 Å². The van der Waals surface area contributed by atoms with Crippen molar-refractivity contribution in [2.75, 3.05) is 16.8 Å². The van der Waals surface area contributed by atoms with E-state index in [1.807, 2.05) is 0 Å². The fourth-order valence-corrected chi connectivity index (χ4v) is 3.98. The first-order valence-electron chi connectivity index (χ1n) is 10.5. The van der Waals surface area contributed by atoms with Gasteiger partial charge in [0.15, 0.2) is 11.6 Å². The van der Waals surface area contributed by atoms with E-state index in [1.165, 1.54) is 41.3 Å². The number of nitrogens with zero attached hydrogens (tertiary/aromatic N) is 2. The van der Waals surface area contributed by atoms with Crippen LogP contribution in [0.2, 0.25) is 0 Å². The molecule has 0 atom stereocenters. The Morgan fingerprint density at radius 1 is 1.03 bits per heavy atom. The number of primary amides is 1. The van der Waals surface area contributed by atoms with E-state index >= 15 is 4.39 Å². The number of benzene rings is 2. The molecule has 2 aromatic carbocycles. The highest BCUT2D eigenvalue weighted by Crippen LogP contribution is 2.49. The van der Waals surface area contributed by atoms with Gasteiger partial charge in [-0.1, -0.05) is 0 Å². The fourth-order valence-electron chi connectivity index (χ4n) is 3.98. The zero-order chi connectivity index (χ0) is 23.2. The van der Waals surface area contributed by atoms with Gasteiger partial charge in [0.05, 0.1) is 5.69 Å². The zero-order valence-electron chi connectivity index (χ0n) is 17.5. The van der Waals surface area contributed by atoms with Crippen LogP contribution in [0.15, 0.2) is 54.7 Å². The average molecular weight is 450 g/mol. The predicted molar refractivity (Wildman–Crippen MR) is 117 cm³/mol. The van der Waals surface area contributed by atoms with E-state index in [0.717, 1.165) is 18.2 Å². The van der Waals surface area contributed by atoms with Gasteiger partial charge in [-0.15, -0.1) is 0 Å². The lowest BCUT2D eigenvalue weighted by atomic mass is 10.0. The number of fused-ring (bicyclic) bond motifs is 1. The van der Waals surface area contributed by atoms with Gasteiger partial charge in [-0.05, 0) is 61.7 Å². The third kappa shape index (κ3) is 3.65. The Morgan fingerprint density at radius 3 is 2.42 bits per heavy atom. The van der Waals surface area contributed by atoms with Gasteiger partial charge in [-0.25, -0.2) is 13.8 Å². The zero-order valence-corrected chi connectivity index (χ0v) is 17.5. The Morgan fingerprint density at radius 2 is 1.76 bits per heavy atom. The Bertz CT molecular complexity index is 1260. The van der Waals surface area contributed by atoms with Crippen LogP contribution in [0.5, 0.6) is 11.5 Å². The normalized spacial score (nSPS) is 15.3. The molecule has 1 aliphatic carbocycles. The SMILES string of the molecule is NC(=O)C1(C(=O)N(c2ccc(F)cc2)c2ccc(Oc3ccnc4c3CCN4)c(F)c2)CC1. The van der Waals surface area contributed by atoms with Gasteiger partial charge in [0.25, 0.3) is 0 Å². The standard InChI is InChI=1S/C24H20F2N4O3/c25-14-1-3-15(4-2-14)30(23(32)24(9-10-24)22(27)31)16-5-6-20(18(26)13-16)33-19-8-12-29-21-17(19)7-11-28-21/h1-6,8,12-13H,7,9-11H2,(H2,27,31)(H,28,29). The number of rotatable bonds is 6. The molecule has 1 fully saturated rings. The largest absolute Gasteiger partial charge is 0.454 e. The van der Waals surface area contributed by atoms with E-state index < -0.39 is 28.9 Å². The first-order chi connectivity index (χ1) is 15.9. The smallest absolute Gasteiger partial charge is 0.247 e. The Hall–Kier alpha value is -4.01. The summed E-state index contributed by atoms with van der Waals surface area (Å²) < 4.78 is 34.4. The van der Waals surface area contributed by atoms with E-state index in [-0.39, 0.29) is 11.4 Å². The molecule has 2 heterocycles. The minimum Gasteiger partial charge on any atom is -0.454 e. The number of halogens is 2. The molecule has 33 heavy (non-hydrogen) atoms. The van der Waals surface area contributed by atoms with E-state index in [1.54, 1.807) is 12.3 Å². The maximum atomic E-state index is 15.1. The molecule has 0 saturated heterocycles. The minimum absolute atomic E-state index is 0.0263. The molecule has 168 valence electrons. The maximum Gasteiger partial charge on any atom is 0.247 e. The van der Waals surface area contributed by atoms with Crippen LogP contribution < -0.4 is 20.7 Å². The lowest BCUT2D eigenvalue weighted by Gasteiger charge is -2.26. The number of pyridine rings is 1. The van der Waals surface area contributed by atoms with E-state index in [9.17, 15) is 14.0 Å². The molecule has 7 nitrogen and oxygen atoms in total. The Labute approximate surface area is 188 Å². The number of hydrogen-bond donors (Lipinski definition) is 2. The highest BCUT2D eigenvalue weighted by Gasteiger charge is 2.57. The molecule has 1 saturated carbocycles. The van der Waals surface area contributed by atoms with Crippen LogP contribution in [0.25, 0.3) is 0 Å². The number of amides is 2. The summed E-state index contributed by atoms with van der Waals surface area (Å²) in [4.78, 5) is 30.7. The third-order valence-electron chi connectivity index (χ3n) is 5.99. The Kier molecular flexibility index (Phi) is 4.96. The number of ether oxygens (including phenoxy) is 1. The fraction of sp³-hybridized carbons (Fsp3) is 0.208. The molecule has 9 heteroatoms. The van der Waals surface area contributed by atoms with Crippen molar-refractivity contribution < 1.29 is 23.1 Å². The summed E-state index contributed by atoms with van der Waals surface area (Å²) in [6.07, 6.45) is 2.90. The molecule has 1 aliphatic heterocycles. The van der Waals surface area contributed by atoms with Gasteiger partial charge >= 0.3 is 0 Å². The lowest BCUT2D eigenvalue weighted by Crippen LogP contribution is -2.41. The summed E-state index contributed by atoms with van der Waals surface area (Å²) in [6, 6.07) is 10.9. The number of nitrogens with one attached hydrogen (secondary N) is 1. The van der Waals surface area contributed by atoms with E-state index in [0.29, 0.717) is 36.5 Å². The van der Waals surface area contributed by atoms with Crippen LogP contribution in [0.3, 0.4) is 0 Å². The van der Waals surface area contributed by atoms with Crippen LogP contribution in [0.4, 0.5) is 26.0 Å². The molecule has 0 bridgehead atoms. The molecule has 3 aromatic rings. The van der Waals surface area contributed by atoms with Gasteiger partial charge in [-0.3, -0.25) is 14.5 Å². The summed E-state index contributed by atoms with van der Waals surface area (Å²) in [5, 5.41) is 3.14. The summed E-state index contributed by atoms with van der Waals surface area (Å²) in [5.41, 5.74) is 5.47. The monoisotopic (exact) mass is 450 g/mol. The number of hydrogen-bond acceptors (Lipinski definition) is 5. The average Bonchev–Trinajstić information content (AvgIpc) is 3.48. The Balaban J connectivity index is 1.50. The van der Waals surface area contributed by atoms with E-state index in [4.69, 9.17) is 10.5 Å². The van der Waals surface area contributed by atoms with Gasteiger partial charge in [0.1, 0.15) is 22.8 Å². The second-order valence-corrected chi connectivity index (χ2v) is 8.09. The van der Waals surface area contributed by atoms with Crippen LogP contribution in [-0.2, 0) is 16.0 Å². The van der Waals surface area contributed by atoms with Crippen molar-refractivity contribution in [2.45, 2.75) is 19.3 Å². The summed E-state index contributed by atoms with van der Waals surface area (Å²) >= 11 is 0. The van der Waals surface area contributed by atoms with Crippen molar-refractivity contribution in [1.29, 1.82) is 0 Å². The first-order valence-corrected chi connectivity index (χ1v) is 10.5. The molecular weight excluding hydrogens is 430 g/mol. The van der Waals surface area contributed by atoms with Crippen LogP contribution in [0, 0.1) is 17.0 Å². The molecule has 5 rings (SSSR count). The van der Waals surface area contributed by atoms with Crippen LogP contribution >= 0.6 is 0 Å². The van der Waals surface area contributed by atoms with Crippen molar-refractivity contribution in [3.63, 3.8) is 0 Å². The number of anilines is 3. The summed E-state index contributed by atoms with van der Waals surface area (Å²) in [5.74, 6) is -1.33. The minimum atomic E-state index is -1.34. The molecule has 2 aliphatic rings. The number of aromatic nitrogens is 1. The second kappa shape index (κ2) is 7.84. The quantitative estimate of drug-likeness (QED) is 0.552. The number of nitrogens with two attached hydrogens (primary N) is 1. The second-order valence-electron chi connectivity index (χ2n) is 8.09. The van der Waals surface area contributed by atoms with Gasteiger partial charge < -0.3 is 15.8 Å². The van der Waals surface area contributed by atoms with Crippen molar-refractivity contribution in [2.24, 2.45) is 11.1 Å². The van der Waals surface area contributed by atoms with Gasteiger partial charge in [0.2, 0.25) is 11.8 Å². The lowest BCUT2D eigenvalue weighted by molar-refractivity contribution is -0.133. The third-order valence-corrected chi connectivity index (χ3v) is 5.99. The molecule has 0 unspecified atom stereocenters. The predicted octanol–water partition coefficient (Wildman–Crippen LogP) is 4.05. The topological polar surface area (TPSA) is 97.6 Å². The molecule has 1 aromatic heterocycles. The van der Waals surface area contributed by atoms with Crippen LogP contribution in [0.1, 0.15) is 18.4 Å². The van der Waals surface area contributed by atoms with E-state index in [2.05, 4.69) is 10.3 Å².